The van der Waals surface area contributed by atoms with Gasteiger partial charge in [0.05, 0.1) is 0 Å². The summed E-state index contributed by atoms with van der Waals surface area (Å²) in [5, 5.41) is 0. The highest BCUT2D eigenvalue weighted by Crippen LogP contribution is 2.31. The second-order valence-corrected chi connectivity index (χ2v) is 5.90. The zero-order valence-corrected chi connectivity index (χ0v) is 11.1. The Labute approximate surface area is 106 Å². The molecule has 0 heterocycles. The van der Waals surface area contributed by atoms with E-state index in [2.05, 4.69) is 43.9 Å². The van der Waals surface area contributed by atoms with E-state index in [1.807, 2.05) is 0 Å². The summed E-state index contributed by atoms with van der Waals surface area (Å²) < 4.78 is 0. The van der Waals surface area contributed by atoms with E-state index in [9.17, 15) is 0 Å². The highest BCUT2D eigenvalue weighted by molar-refractivity contribution is 5.07. The fraction of sp³-hybridized carbons (Fsp3) is 0.647. The maximum absolute atomic E-state index is 3.91. The molecule has 0 aromatic carbocycles. The van der Waals surface area contributed by atoms with Gasteiger partial charge < -0.3 is 0 Å². The van der Waals surface area contributed by atoms with Crippen molar-refractivity contribution in [2.75, 3.05) is 0 Å². The Morgan fingerprint density at radius 3 is 2.18 bits per heavy atom. The van der Waals surface area contributed by atoms with Crippen LogP contribution in [0, 0.1) is 23.7 Å². The summed E-state index contributed by atoms with van der Waals surface area (Å²) in [6, 6.07) is 0. The van der Waals surface area contributed by atoms with E-state index in [4.69, 9.17) is 0 Å². The quantitative estimate of drug-likeness (QED) is 0.589. The molecule has 0 aromatic heterocycles. The SMILES string of the molecule is C=CC1CCC(/C=C/C2C=CC(C)CC2)CC1. The summed E-state index contributed by atoms with van der Waals surface area (Å²) in [5.41, 5.74) is 0. The second-order valence-electron chi connectivity index (χ2n) is 5.90. The molecule has 17 heavy (non-hydrogen) atoms. The first-order valence-corrected chi connectivity index (χ1v) is 7.27. The van der Waals surface area contributed by atoms with Crippen molar-refractivity contribution in [2.24, 2.45) is 23.7 Å². The van der Waals surface area contributed by atoms with Crippen molar-refractivity contribution in [1.82, 2.24) is 0 Å². The van der Waals surface area contributed by atoms with Gasteiger partial charge in [-0.2, -0.15) is 0 Å². The number of rotatable bonds is 3. The molecule has 0 amide bonds. The molecular formula is C17H26. The van der Waals surface area contributed by atoms with Gasteiger partial charge in [-0.15, -0.1) is 6.58 Å². The Bertz CT molecular complexity index is 289. The third-order valence-electron chi connectivity index (χ3n) is 4.42. The first kappa shape index (κ1) is 12.7. The van der Waals surface area contributed by atoms with E-state index in [0.29, 0.717) is 5.92 Å². The molecule has 94 valence electrons. The molecular weight excluding hydrogens is 204 g/mol. The lowest BCUT2D eigenvalue weighted by atomic mass is 9.81. The molecule has 0 aromatic rings. The average Bonchev–Trinajstić information content (AvgIpc) is 2.39. The van der Waals surface area contributed by atoms with E-state index in [1.54, 1.807) is 0 Å². The molecule has 2 aliphatic rings. The van der Waals surface area contributed by atoms with Gasteiger partial charge in [0.1, 0.15) is 0 Å². The van der Waals surface area contributed by atoms with Crippen LogP contribution in [-0.4, -0.2) is 0 Å². The molecule has 2 unspecified atom stereocenters. The highest BCUT2D eigenvalue weighted by Gasteiger charge is 2.17. The lowest BCUT2D eigenvalue weighted by Gasteiger charge is -2.25. The number of hydrogen-bond donors (Lipinski definition) is 0. The van der Waals surface area contributed by atoms with Crippen molar-refractivity contribution in [1.29, 1.82) is 0 Å². The van der Waals surface area contributed by atoms with Gasteiger partial charge in [-0.25, -0.2) is 0 Å². The lowest BCUT2D eigenvalue weighted by Crippen LogP contribution is -2.11. The second kappa shape index (κ2) is 6.23. The van der Waals surface area contributed by atoms with Gasteiger partial charge in [-0.05, 0) is 62.2 Å². The number of hydrogen-bond acceptors (Lipinski definition) is 0. The van der Waals surface area contributed by atoms with Gasteiger partial charge in [-0.1, -0.05) is 37.3 Å². The van der Waals surface area contributed by atoms with Crippen LogP contribution in [0.5, 0.6) is 0 Å². The van der Waals surface area contributed by atoms with E-state index >= 15 is 0 Å². The van der Waals surface area contributed by atoms with Gasteiger partial charge in [0.25, 0.3) is 0 Å². The molecule has 0 N–H and O–H groups in total. The van der Waals surface area contributed by atoms with Crippen molar-refractivity contribution in [3.63, 3.8) is 0 Å². The van der Waals surface area contributed by atoms with Crippen LogP contribution in [0.4, 0.5) is 0 Å². The molecule has 0 nitrogen and oxygen atoms in total. The van der Waals surface area contributed by atoms with Crippen LogP contribution >= 0.6 is 0 Å². The summed E-state index contributed by atoms with van der Waals surface area (Å²) >= 11 is 0. The standard InChI is InChI=1S/C17H26/c1-3-15-8-10-17(11-9-15)13-12-16-6-4-14(2)5-7-16/h3-4,6,12-17H,1,5,7-11H2,2H3/b13-12+. The van der Waals surface area contributed by atoms with Gasteiger partial charge in [0, 0.05) is 0 Å². The monoisotopic (exact) mass is 230 g/mol. The Morgan fingerprint density at radius 1 is 0.882 bits per heavy atom. The molecule has 2 aliphatic carbocycles. The molecule has 0 heteroatoms. The summed E-state index contributed by atoms with van der Waals surface area (Å²) in [4.78, 5) is 0. The predicted molar refractivity (Wildman–Crippen MR) is 75.8 cm³/mol. The third kappa shape index (κ3) is 3.87. The van der Waals surface area contributed by atoms with Crippen molar-refractivity contribution in [3.05, 3.63) is 37.0 Å². The normalized spacial score (nSPS) is 38.4. The predicted octanol–water partition coefficient (Wildman–Crippen LogP) is 5.14. The smallest absolute Gasteiger partial charge is 0.00531 e. The molecule has 2 atom stereocenters. The summed E-state index contributed by atoms with van der Waals surface area (Å²) in [6.07, 6.45) is 20.0. The minimum Gasteiger partial charge on any atom is -0.103 e. The fourth-order valence-corrected chi connectivity index (χ4v) is 3.01. The average molecular weight is 230 g/mol. The minimum atomic E-state index is 0.711. The topological polar surface area (TPSA) is 0 Å². The maximum atomic E-state index is 3.91. The van der Waals surface area contributed by atoms with Crippen molar-refractivity contribution >= 4 is 0 Å². The van der Waals surface area contributed by atoms with E-state index in [-0.39, 0.29) is 0 Å². The molecule has 1 saturated carbocycles. The van der Waals surface area contributed by atoms with Gasteiger partial charge >= 0.3 is 0 Å². The van der Waals surface area contributed by atoms with Crippen LogP contribution in [0.15, 0.2) is 37.0 Å². The molecule has 0 spiro atoms. The van der Waals surface area contributed by atoms with Crippen LogP contribution in [-0.2, 0) is 0 Å². The first-order valence-electron chi connectivity index (χ1n) is 7.27. The minimum absolute atomic E-state index is 0.711. The van der Waals surface area contributed by atoms with E-state index in [1.165, 1.54) is 38.5 Å². The van der Waals surface area contributed by atoms with E-state index < -0.39 is 0 Å². The summed E-state index contributed by atoms with van der Waals surface area (Å²) in [6.45, 7) is 6.22. The Hall–Kier alpha value is -0.780. The molecule has 0 bridgehead atoms. The van der Waals surface area contributed by atoms with Crippen LogP contribution in [0.2, 0.25) is 0 Å². The fourth-order valence-electron chi connectivity index (χ4n) is 3.01. The Morgan fingerprint density at radius 2 is 1.59 bits per heavy atom. The molecule has 0 saturated heterocycles. The van der Waals surface area contributed by atoms with Crippen LogP contribution in [0.1, 0.15) is 45.4 Å². The Balaban J connectivity index is 1.77. The highest BCUT2D eigenvalue weighted by atomic mass is 14.2. The van der Waals surface area contributed by atoms with Crippen LogP contribution < -0.4 is 0 Å². The molecule has 1 fully saturated rings. The van der Waals surface area contributed by atoms with Gasteiger partial charge in [-0.3, -0.25) is 0 Å². The van der Waals surface area contributed by atoms with Crippen molar-refractivity contribution < 1.29 is 0 Å². The molecule has 0 aliphatic heterocycles. The first-order chi connectivity index (χ1) is 8.28. The van der Waals surface area contributed by atoms with Gasteiger partial charge in [0.2, 0.25) is 0 Å². The zero-order valence-electron chi connectivity index (χ0n) is 11.1. The van der Waals surface area contributed by atoms with Gasteiger partial charge in [0.15, 0.2) is 0 Å². The van der Waals surface area contributed by atoms with Crippen molar-refractivity contribution in [3.8, 4) is 0 Å². The molecule has 0 radical (unpaired) electrons. The lowest BCUT2D eigenvalue weighted by molar-refractivity contribution is 0.355. The zero-order chi connectivity index (χ0) is 12.1. The summed E-state index contributed by atoms with van der Waals surface area (Å²) in [5.74, 6) is 3.13. The summed E-state index contributed by atoms with van der Waals surface area (Å²) in [7, 11) is 0. The van der Waals surface area contributed by atoms with Crippen LogP contribution in [0.25, 0.3) is 0 Å². The Kier molecular flexibility index (Phi) is 4.65. The molecule has 2 rings (SSSR count). The number of allylic oxidation sites excluding steroid dienone is 5. The largest absolute Gasteiger partial charge is 0.103 e. The third-order valence-corrected chi connectivity index (χ3v) is 4.42. The maximum Gasteiger partial charge on any atom is -0.00531 e. The van der Waals surface area contributed by atoms with Crippen LogP contribution in [0.3, 0.4) is 0 Å². The van der Waals surface area contributed by atoms with Crippen molar-refractivity contribution in [2.45, 2.75) is 45.4 Å². The van der Waals surface area contributed by atoms with E-state index in [0.717, 1.165) is 17.8 Å².